The second kappa shape index (κ2) is 8.97. The second-order valence-electron chi connectivity index (χ2n) is 7.20. The van der Waals surface area contributed by atoms with Gasteiger partial charge < -0.3 is 9.73 Å². The van der Waals surface area contributed by atoms with E-state index in [4.69, 9.17) is 4.42 Å². The minimum Gasteiger partial charge on any atom is -0.431 e. The Morgan fingerprint density at radius 1 is 1.14 bits per heavy atom. The first-order chi connectivity index (χ1) is 13.9. The molecule has 0 spiro atoms. The predicted octanol–water partition coefficient (Wildman–Crippen LogP) is 5.16. The van der Waals surface area contributed by atoms with Crippen molar-refractivity contribution in [3.05, 3.63) is 60.7 Å². The van der Waals surface area contributed by atoms with Crippen LogP contribution in [0.15, 0.2) is 70.3 Å². The highest BCUT2D eigenvalue weighted by molar-refractivity contribution is 7.99. The Morgan fingerprint density at radius 2 is 1.72 bits per heavy atom. The van der Waals surface area contributed by atoms with Gasteiger partial charge in [0.05, 0.1) is 11.8 Å². The fraction of sp³-hybridized carbons (Fsp3) is 0.261. The Labute approximate surface area is 175 Å². The van der Waals surface area contributed by atoms with Gasteiger partial charge in [-0.3, -0.25) is 4.79 Å². The van der Waals surface area contributed by atoms with E-state index in [1.54, 1.807) is 6.92 Å². The van der Waals surface area contributed by atoms with Crippen LogP contribution in [0, 0.1) is 17.2 Å². The average molecular weight is 406 g/mol. The molecule has 1 atom stereocenters. The SMILES string of the molecule is CC(C)C(C)(C#N)NC(=O)CSc1nc(-c2ccccc2)c(-c2ccccc2)o1. The van der Waals surface area contributed by atoms with Crippen molar-refractivity contribution in [3.63, 3.8) is 0 Å². The molecular formula is C23H23N3O2S. The summed E-state index contributed by atoms with van der Waals surface area (Å²) in [5, 5.41) is 12.6. The molecule has 0 radical (unpaired) electrons. The van der Waals surface area contributed by atoms with Gasteiger partial charge in [-0.1, -0.05) is 86.3 Å². The zero-order valence-corrected chi connectivity index (χ0v) is 17.5. The van der Waals surface area contributed by atoms with Gasteiger partial charge in [0.1, 0.15) is 11.2 Å². The van der Waals surface area contributed by atoms with Crippen LogP contribution < -0.4 is 5.32 Å². The molecule has 1 N–H and O–H groups in total. The highest BCUT2D eigenvalue weighted by Gasteiger charge is 2.30. The Kier molecular flexibility index (Phi) is 6.40. The van der Waals surface area contributed by atoms with Crippen LogP contribution in [0.5, 0.6) is 0 Å². The van der Waals surface area contributed by atoms with Crippen molar-refractivity contribution in [3.8, 4) is 28.7 Å². The van der Waals surface area contributed by atoms with E-state index in [1.807, 2.05) is 74.5 Å². The summed E-state index contributed by atoms with van der Waals surface area (Å²) in [7, 11) is 0. The van der Waals surface area contributed by atoms with Crippen LogP contribution in [-0.2, 0) is 4.79 Å². The molecule has 0 aliphatic heterocycles. The largest absolute Gasteiger partial charge is 0.431 e. The van der Waals surface area contributed by atoms with Crippen LogP contribution in [-0.4, -0.2) is 22.2 Å². The van der Waals surface area contributed by atoms with Crippen molar-refractivity contribution >= 4 is 17.7 Å². The maximum Gasteiger partial charge on any atom is 0.257 e. The number of nitrogens with zero attached hydrogens (tertiary/aromatic N) is 2. The highest BCUT2D eigenvalue weighted by Crippen LogP contribution is 2.35. The first kappa shape index (κ1) is 20.7. The van der Waals surface area contributed by atoms with Crippen LogP contribution in [0.2, 0.25) is 0 Å². The van der Waals surface area contributed by atoms with Crippen molar-refractivity contribution in [2.45, 2.75) is 31.5 Å². The summed E-state index contributed by atoms with van der Waals surface area (Å²) in [4.78, 5) is 17.0. The van der Waals surface area contributed by atoms with E-state index in [1.165, 1.54) is 11.8 Å². The third-order valence-electron chi connectivity index (χ3n) is 4.80. The minimum atomic E-state index is -0.904. The normalized spacial score (nSPS) is 12.9. The zero-order chi connectivity index (χ0) is 20.9. The van der Waals surface area contributed by atoms with Crippen molar-refractivity contribution in [1.29, 1.82) is 5.26 Å². The second-order valence-corrected chi connectivity index (χ2v) is 8.12. The van der Waals surface area contributed by atoms with E-state index in [9.17, 15) is 10.1 Å². The van der Waals surface area contributed by atoms with E-state index in [0.717, 1.165) is 16.8 Å². The molecule has 0 fully saturated rings. The lowest BCUT2D eigenvalue weighted by atomic mass is 9.90. The summed E-state index contributed by atoms with van der Waals surface area (Å²) in [6.45, 7) is 5.54. The van der Waals surface area contributed by atoms with Crippen LogP contribution >= 0.6 is 11.8 Å². The highest BCUT2D eigenvalue weighted by atomic mass is 32.2. The molecule has 0 aliphatic rings. The van der Waals surface area contributed by atoms with Crippen molar-refractivity contribution in [2.24, 2.45) is 5.92 Å². The van der Waals surface area contributed by atoms with Crippen molar-refractivity contribution in [2.75, 3.05) is 5.75 Å². The molecule has 0 saturated heterocycles. The van der Waals surface area contributed by atoms with Crippen LogP contribution in [0.1, 0.15) is 20.8 Å². The summed E-state index contributed by atoms with van der Waals surface area (Å²) in [6, 6.07) is 21.8. The minimum absolute atomic E-state index is 0.00226. The lowest BCUT2D eigenvalue weighted by Crippen LogP contribution is -2.49. The van der Waals surface area contributed by atoms with Crippen molar-refractivity contribution < 1.29 is 9.21 Å². The number of thioether (sulfide) groups is 1. The summed E-state index contributed by atoms with van der Waals surface area (Å²) >= 11 is 1.22. The Hall–Kier alpha value is -3.04. The van der Waals surface area contributed by atoms with Crippen molar-refractivity contribution in [1.82, 2.24) is 10.3 Å². The number of hydrogen-bond acceptors (Lipinski definition) is 5. The first-order valence-electron chi connectivity index (χ1n) is 9.39. The molecule has 1 heterocycles. The van der Waals surface area contributed by atoms with E-state index >= 15 is 0 Å². The molecule has 3 rings (SSSR count). The van der Waals surface area contributed by atoms with Gasteiger partial charge in [-0.05, 0) is 12.8 Å². The molecule has 148 valence electrons. The van der Waals surface area contributed by atoms with Crippen LogP contribution in [0.3, 0.4) is 0 Å². The zero-order valence-electron chi connectivity index (χ0n) is 16.7. The van der Waals surface area contributed by atoms with Gasteiger partial charge in [0, 0.05) is 11.1 Å². The predicted molar refractivity (Wildman–Crippen MR) is 115 cm³/mol. The van der Waals surface area contributed by atoms with Gasteiger partial charge in [0.25, 0.3) is 5.22 Å². The molecule has 29 heavy (non-hydrogen) atoms. The lowest BCUT2D eigenvalue weighted by Gasteiger charge is -2.27. The number of rotatable bonds is 7. The molecule has 6 heteroatoms. The molecule has 0 saturated carbocycles. The van der Waals surface area contributed by atoms with Gasteiger partial charge in [-0.25, -0.2) is 4.98 Å². The number of nitrogens with one attached hydrogen (secondary N) is 1. The maximum atomic E-state index is 12.4. The Bertz CT molecular complexity index is 953. The van der Waals surface area contributed by atoms with Gasteiger partial charge >= 0.3 is 0 Å². The molecule has 2 aromatic carbocycles. The van der Waals surface area contributed by atoms with E-state index in [0.29, 0.717) is 11.0 Å². The van der Waals surface area contributed by atoms with Crippen LogP contribution in [0.4, 0.5) is 0 Å². The molecule has 5 nitrogen and oxygen atoms in total. The summed E-state index contributed by atoms with van der Waals surface area (Å²) in [5.41, 5.74) is 1.71. The van der Waals surface area contributed by atoms with Crippen LogP contribution in [0.25, 0.3) is 22.6 Å². The molecular weight excluding hydrogens is 382 g/mol. The molecule has 0 bridgehead atoms. The fourth-order valence-corrected chi connectivity index (χ4v) is 3.32. The molecule has 3 aromatic rings. The van der Waals surface area contributed by atoms with Gasteiger partial charge in [-0.15, -0.1) is 0 Å². The first-order valence-corrected chi connectivity index (χ1v) is 10.4. The Morgan fingerprint density at radius 3 is 2.28 bits per heavy atom. The number of benzene rings is 2. The third kappa shape index (κ3) is 4.87. The molecule has 0 aliphatic carbocycles. The van der Waals surface area contributed by atoms with E-state index < -0.39 is 5.54 Å². The molecule has 1 amide bonds. The monoisotopic (exact) mass is 405 g/mol. The molecule has 1 aromatic heterocycles. The number of carbonyl (C=O) groups excluding carboxylic acids is 1. The Balaban J connectivity index is 1.82. The van der Waals surface area contributed by atoms with Gasteiger partial charge in [0.15, 0.2) is 5.76 Å². The number of hydrogen-bond donors (Lipinski definition) is 1. The molecule has 1 unspecified atom stereocenters. The summed E-state index contributed by atoms with van der Waals surface area (Å²) in [6.07, 6.45) is 0. The van der Waals surface area contributed by atoms with Gasteiger partial charge in [0.2, 0.25) is 5.91 Å². The number of oxazole rings is 1. The quantitative estimate of drug-likeness (QED) is 0.550. The standard InChI is InChI=1S/C23H23N3O2S/c1-16(2)23(3,15-24)26-19(27)14-29-22-25-20(17-10-6-4-7-11-17)21(28-22)18-12-8-5-9-13-18/h4-13,16H,14H2,1-3H3,(H,26,27). The van der Waals surface area contributed by atoms with Gasteiger partial charge in [-0.2, -0.15) is 5.26 Å². The number of amides is 1. The van der Waals surface area contributed by atoms with E-state index in [-0.39, 0.29) is 17.6 Å². The smallest absolute Gasteiger partial charge is 0.257 e. The topological polar surface area (TPSA) is 78.9 Å². The lowest BCUT2D eigenvalue weighted by molar-refractivity contribution is -0.120. The summed E-state index contributed by atoms with van der Waals surface area (Å²) in [5.74, 6) is 0.558. The number of aromatic nitrogens is 1. The number of nitriles is 1. The third-order valence-corrected chi connectivity index (χ3v) is 5.63. The van der Waals surface area contributed by atoms with E-state index in [2.05, 4.69) is 16.4 Å². The maximum absolute atomic E-state index is 12.4. The summed E-state index contributed by atoms with van der Waals surface area (Å²) < 4.78 is 6.02. The average Bonchev–Trinajstić information content (AvgIpc) is 3.18. The number of carbonyl (C=O) groups is 1. The fourth-order valence-electron chi connectivity index (χ4n) is 2.69.